The number of thiocarbonyl (C=S) groups is 1. The second-order valence-electron chi connectivity index (χ2n) is 7.86. The van der Waals surface area contributed by atoms with Crippen molar-refractivity contribution >= 4 is 45.1 Å². The van der Waals surface area contributed by atoms with E-state index < -0.39 is 5.91 Å². The van der Waals surface area contributed by atoms with Crippen molar-refractivity contribution in [3.05, 3.63) is 88.4 Å². The normalized spacial score (nSPS) is 10.3. The zero-order chi connectivity index (χ0) is 25.0. The maximum atomic E-state index is 12.5. The van der Waals surface area contributed by atoms with E-state index in [4.69, 9.17) is 17.0 Å². The molecular formula is C27H28BrN3O3S. The Kier molecular flexibility index (Phi) is 10.3. The third-order valence-electron chi connectivity index (χ3n) is 5.22. The number of amides is 2. The molecule has 0 aromatic heterocycles. The van der Waals surface area contributed by atoms with Crippen LogP contribution in [0, 0.1) is 0 Å². The molecule has 3 aromatic carbocycles. The molecule has 0 aliphatic carbocycles. The number of hydrogen-bond donors (Lipinski definition) is 3. The summed E-state index contributed by atoms with van der Waals surface area (Å²) in [6.45, 7) is 2.80. The van der Waals surface area contributed by atoms with Crippen molar-refractivity contribution in [2.75, 3.05) is 6.61 Å². The highest BCUT2D eigenvalue weighted by Gasteiger charge is 2.12. The molecule has 0 radical (unpaired) electrons. The second-order valence-corrected chi connectivity index (χ2v) is 9.12. The Labute approximate surface area is 219 Å². The minimum absolute atomic E-state index is 0.0170. The summed E-state index contributed by atoms with van der Waals surface area (Å²) in [7, 11) is 0. The number of halogens is 1. The molecule has 3 N–H and O–H groups in total. The standard InChI is InChI=1S/C27H28BrN3O3S/c1-2-3-4-8-17-34-24-16-15-22(18-23(24)28)25(32)29-27(35)31-30-26(33)21-13-11-20(12-14-21)19-9-6-5-7-10-19/h5-7,9-16,18H,2-4,8,17H2,1H3,(H,30,33)(H2,29,31,32,35). The molecule has 0 atom stereocenters. The first kappa shape index (κ1) is 26.4. The zero-order valence-corrected chi connectivity index (χ0v) is 21.9. The Morgan fingerprint density at radius 2 is 1.51 bits per heavy atom. The molecule has 3 aromatic rings. The van der Waals surface area contributed by atoms with E-state index in [9.17, 15) is 9.59 Å². The molecule has 8 heteroatoms. The first-order valence-corrected chi connectivity index (χ1v) is 12.7. The largest absolute Gasteiger partial charge is 0.492 e. The van der Waals surface area contributed by atoms with Crippen molar-refractivity contribution in [1.29, 1.82) is 0 Å². The number of carbonyl (C=O) groups excluding carboxylic acids is 2. The molecular weight excluding hydrogens is 526 g/mol. The van der Waals surface area contributed by atoms with Gasteiger partial charge >= 0.3 is 0 Å². The van der Waals surface area contributed by atoms with Crippen LogP contribution in [0.5, 0.6) is 5.75 Å². The molecule has 6 nitrogen and oxygen atoms in total. The summed E-state index contributed by atoms with van der Waals surface area (Å²) >= 11 is 8.59. The van der Waals surface area contributed by atoms with E-state index in [1.807, 2.05) is 42.5 Å². The molecule has 0 bridgehead atoms. The van der Waals surface area contributed by atoms with Crippen LogP contribution in [0.2, 0.25) is 0 Å². The molecule has 0 saturated heterocycles. The van der Waals surface area contributed by atoms with Crippen molar-refractivity contribution in [2.24, 2.45) is 0 Å². The number of unbranched alkanes of at least 4 members (excludes halogenated alkanes) is 3. The molecule has 182 valence electrons. The lowest BCUT2D eigenvalue weighted by Crippen LogP contribution is -2.48. The maximum absolute atomic E-state index is 12.5. The molecule has 3 rings (SSSR count). The van der Waals surface area contributed by atoms with Crippen LogP contribution in [0.4, 0.5) is 0 Å². The van der Waals surface area contributed by atoms with Gasteiger partial charge in [0.25, 0.3) is 11.8 Å². The van der Waals surface area contributed by atoms with Gasteiger partial charge < -0.3 is 4.74 Å². The van der Waals surface area contributed by atoms with Gasteiger partial charge in [-0.3, -0.25) is 25.8 Å². The van der Waals surface area contributed by atoms with Gasteiger partial charge in [0.2, 0.25) is 0 Å². The lowest BCUT2D eigenvalue weighted by molar-refractivity contribution is 0.0934. The topological polar surface area (TPSA) is 79.5 Å². The van der Waals surface area contributed by atoms with Crippen molar-refractivity contribution in [3.8, 4) is 16.9 Å². The van der Waals surface area contributed by atoms with Crippen LogP contribution < -0.4 is 20.9 Å². The van der Waals surface area contributed by atoms with Crippen LogP contribution in [0.25, 0.3) is 11.1 Å². The van der Waals surface area contributed by atoms with Crippen molar-refractivity contribution in [1.82, 2.24) is 16.2 Å². The Morgan fingerprint density at radius 3 is 2.20 bits per heavy atom. The van der Waals surface area contributed by atoms with Crippen LogP contribution >= 0.6 is 28.1 Å². The SMILES string of the molecule is CCCCCCOc1ccc(C(=O)NC(=S)NNC(=O)c2ccc(-c3ccccc3)cc2)cc1Br. The minimum Gasteiger partial charge on any atom is -0.492 e. The summed E-state index contributed by atoms with van der Waals surface area (Å²) in [6.07, 6.45) is 4.49. The number of nitrogens with one attached hydrogen (secondary N) is 3. The number of hydrazine groups is 1. The van der Waals surface area contributed by atoms with Gasteiger partial charge in [0.1, 0.15) is 5.75 Å². The highest BCUT2D eigenvalue weighted by molar-refractivity contribution is 9.10. The van der Waals surface area contributed by atoms with Gasteiger partial charge in [0, 0.05) is 11.1 Å². The monoisotopic (exact) mass is 553 g/mol. The highest BCUT2D eigenvalue weighted by Crippen LogP contribution is 2.26. The molecule has 35 heavy (non-hydrogen) atoms. The molecule has 0 aliphatic rings. The van der Waals surface area contributed by atoms with E-state index >= 15 is 0 Å². The molecule has 0 heterocycles. The summed E-state index contributed by atoms with van der Waals surface area (Å²) in [5.41, 5.74) is 8.00. The predicted octanol–water partition coefficient (Wildman–Crippen LogP) is 6.02. The van der Waals surface area contributed by atoms with Gasteiger partial charge in [-0.15, -0.1) is 0 Å². The van der Waals surface area contributed by atoms with Gasteiger partial charge in [-0.05, 0) is 76.0 Å². The quantitative estimate of drug-likeness (QED) is 0.171. The first-order valence-electron chi connectivity index (χ1n) is 11.5. The number of carbonyl (C=O) groups is 2. The Balaban J connectivity index is 1.46. The molecule has 2 amide bonds. The van der Waals surface area contributed by atoms with Gasteiger partial charge in [-0.1, -0.05) is 68.7 Å². The van der Waals surface area contributed by atoms with Gasteiger partial charge in [0.15, 0.2) is 5.11 Å². The van der Waals surface area contributed by atoms with E-state index in [-0.39, 0.29) is 11.0 Å². The van der Waals surface area contributed by atoms with Crippen molar-refractivity contribution in [2.45, 2.75) is 32.6 Å². The van der Waals surface area contributed by atoms with Crippen molar-refractivity contribution < 1.29 is 14.3 Å². The smallest absolute Gasteiger partial charge is 0.269 e. The highest BCUT2D eigenvalue weighted by atomic mass is 79.9. The average molecular weight is 555 g/mol. The zero-order valence-electron chi connectivity index (χ0n) is 19.5. The third-order valence-corrected chi connectivity index (χ3v) is 6.04. The summed E-state index contributed by atoms with van der Waals surface area (Å²) in [5, 5.41) is 2.53. The van der Waals surface area contributed by atoms with Crippen LogP contribution in [-0.2, 0) is 0 Å². The lowest BCUT2D eigenvalue weighted by atomic mass is 10.0. The first-order chi connectivity index (χ1) is 17.0. The van der Waals surface area contributed by atoms with E-state index in [0.29, 0.717) is 28.0 Å². The Bertz CT molecular complexity index is 1150. The van der Waals surface area contributed by atoms with Crippen LogP contribution in [0.1, 0.15) is 53.3 Å². The lowest BCUT2D eigenvalue weighted by Gasteiger charge is -2.12. The summed E-state index contributed by atoms with van der Waals surface area (Å²) < 4.78 is 6.46. The summed E-state index contributed by atoms with van der Waals surface area (Å²) in [4.78, 5) is 24.9. The molecule has 0 spiro atoms. The van der Waals surface area contributed by atoms with Crippen LogP contribution in [0.15, 0.2) is 77.3 Å². The number of hydrogen-bond acceptors (Lipinski definition) is 4. The van der Waals surface area contributed by atoms with E-state index in [1.54, 1.807) is 30.3 Å². The fourth-order valence-electron chi connectivity index (χ4n) is 3.31. The molecule has 0 aliphatic heterocycles. The summed E-state index contributed by atoms with van der Waals surface area (Å²) in [5.74, 6) is -0.0900. The van der Waals surface area contributed by atoms with E-state index in [0.717, 1.165) is 24.0 Å². The second kappa shape index (κ2) is 13.6. The van der Waals surface area contributed by atoms with Crippen LogP contribution in [-0.4, -0.2) is 23.5 Å². The number of benzene rings is 3. The van der Waals surface area contributed by atoms with Gasteiger partial charge in [-0.25, -0.2) is 0 Å². The Hall–Kier alpha value is -3.23. The van der Waals surface area contributed by atoms with E-state index in [2.05, 4.69) is 39.0 Å². The van der Waals surface area contributed by atoms with Gasteiger partial charge in [0.05, 0.1) is 11.1 Å². The number of rotatable bonds is 9. The fourth-order valence-corrected chi connectivity index (χ4v) is 3.94. The van der Waals surface area contributed by atoms with E-state index in [1.165, 1.54) is 12.8 Å². The fraction of sp³-hybridized carbons (Fsp3) is 0.222. The number of ether oxygens (including phenoxy) is 1. The van der Waals surface area contributed by atoms with Crippen LogP contribution in [0.3, 0.4) is 0 Å². The molecule has 0 unspecified atom stereocenters. The summed E-state index contributed by atoms with van der Waals surface area (Å²) in [6, 6.07) is 22.2. The minimum atomic E-state index is -0.404. The average Bonchev–Trinajstić information content (AvgIpc) is 2.88. The Morgan fingerprint density at radius 1 is 0.829 bits per heavy atom. The molecule has 0 fully saturated rings. The maximum Gasteiger partial charge on any atom is 0.269 e. The molecule has 0 saturated carbocycles. The van der Waals surface area contributed by atoms with Gasteiger partial charge in [-0.2, -0.15) is 0 Å². The van der Waals surface area contributed by atoms with Crippen molar-refractivity contribution in [3.63, 3.8) is 0 Å². The predicted molar refractivity (Wildman–Crippen MR) is 146 cm³/mol. The third kappa shape index (κ3) is 8.19.